The Bertz CT molecular complexity index is 777. The van der Waals surface area contributed by atoms with E-state index in [0.29, 0.717) is 34.1 Å². The van der Waals surface area contributed by atoms with E-state index in [2.05, 4.69) is 5.32 Å². The van der Waals surface area contributed by atoms with Crippen LogP contribution in [0.3, 0.4) is 0 Å². The Morgan fingerprint density at radius 1 is 0.846 bits per heavy atom. The Balaban J connectivity index is 2.16. The van der Waals surface area contributed by atoms with Gasteiger partial charge in [0.25, 0.3) is 5.91 Å². The minimum Gasteiger partial charge on any atom is -0.496 e. The molecule has 0 saturated heterocycles. The summed E-state index contributed by atoms with van der Waals surface area (Å²) in [6.45, 7) is -0.185. The van der Waals surface area contributed by atoms with E-state index in [1.54, 1.807) is 36.4 Å². The minimum absolute atomic E-state index is 0.185. The monoisotopic (exact) mass is 359 g/mol. The summed E-state index contributed by atoms with van der Waals surface area (Å²) in [6.07, 6.45) is 0. The fourth-order valence-corrected chi connectivity index (χ4v) is 2.43. The first kappa shape index (κ1) is 19.1. The molecule has 0 aromatic heterocycles. The van der Waals surface area contributed by atoms with Gasteiger partial charge in [-0.2, -0.15) is 0 Å². The van der Waals surface area contributed by atoms with Crippen LogP contribution < -0.4 is 24.3 Å². The first-order valence-corrected chi connectivity index (χ1v) is 7.80. The van der Waals surface area contributed by atoms with Gasteiger partial charge in [-0.3, -0.25) is 9.59 Å². The number of amides is 1. The number of methoxy groups -OCH3 is 4. The van der Waals surface area contributed by atoms with Crippen molar-refractivity contribution < 1.29 is 28.5 Å². The third-order valence-corrected chi connectivity index (χ3v) is 3.75. The summed E-state index contributed by atoms with van der Waals surface area (Å²) >= 11 is 0. The van der Waals surface area contributed by atoms with Crippen molar-refractivity contribution in [2.24, 2.45) is 0 Å². The minimum atomic E-state index is -0.400. The third-order valence-electron chi connectivity index (χ3n) is 3.75. The van der Waals surface area contributed by atoms with Crippen molar-refractivity contribution in [2.75, 3.05) is 35.0 Å². The number of carbonyl (C=O) groups is 2. The highest BCUT2D eigenvalue weighted by molar-refractivity contribution is 6.03. The summed E-state index contributed by atoms with van der Waals surface area (Å²) in [5, 5.41) is 2.59. The highest BCUT2D eigenvalue weighted by Crippen LogP contribution is 2.38. The third kappa shape index (κ3) is 4.05. The molecular weight excluding hydrogens is 338 g/mol. The molecule has 0 aliphatic carbocycles. The summed E-state index contributed by atoms with van der Waals surface area (Å²) in [6, 6.07) is 9.86. The molecule has 138 valence electrons. The molecule has 26 heavy (non-hydrogen) atoms. The van der Waals surface area contributed by atoms with Crippen LogP contribution in [0.5, 0.6) is 23.0 Å². The molecule has 0 unspecified atom stereocenters. The second-order valence-electron chi connectivity index (χ2n) is 5.22. The first-order valence-electron chi connectivity index (χ1n) is 7.80. The molecule has 0 aliphatic rings. The fraction of sp³-hybridized carbons (Fsp3) is 0.263. The number of hydrogen-bond acceptors (Lipinski definition) is 6. The number of rotatable bonds is 8. The molecule has 0 saturated carbocycles. The van der Waals surface area contributed by atoms with Gasteiger partial charge in [0.15, 0.2) is 17.3 Å². The maximum absolute atomic E-state index is 12.5. The van der Waals surface area contributed by atoms with Crippen LogP contribution in [0.25, 0.3) is 0 Å². The van der Waals surface area contributed by atoms with Crippen LogP contribution in [0.1, 0.15) is 20.7 Å². The number of benzene rings is 2. The first-order chi connectivity index (χ1) is 12.5. The number of ether oxygens (including phenoxy) is 4. The van der Waals surface area contributed by atoms with Gasteiger partial charge in [0.2, 0.25) is 5.75 Å². The molecule has 0 bridgehead atoms. The normalized spacial score (nSPS) is 10.0. The van der Waals surface area contributed by atoms with Crippen molar-refractivity contribution in [1.29, 1.82) is 0 Å². The van der Waals surface area contributed by atoms with Crippen molar-refractivity contribution in [3.8, 4) is 23.0 Å². The predicted molar refractivity (Wildman–Crippen MR) is 95.8 cm³/mol. The summed E-state index contributed by atoms with van der Waals surface area (Å²) in [7, 11) is 5.90. The SMILES string of the molecule is COc1ccccc1C(=O)NCC(=O)c1cc(OC)c(OC)c(OC)c1. The van der Waals surface area contributed by atoms with Crippen LogP contribution in [-0.2, 0) is 0 Å². The lowest BCUT2D eigenvalue weighted by Gasteiger charge is -2.14. The summed E-state index contributed by atoms with van der Waals surface area (Å²) in [5.74, 6) is 0.864. The van der Waals surface area contributed by atoms with Crippen LogP contribution in [0, 0.1) is 0 Å². The number of hydrogen-bond donors (Lipinski definition) is 1. The van der Waals surface area contributed by atoms with E-state index in [-0.39, 0.29) is 12.3 Å². The molecule has 0 spiro atoms. The molecule has 1 N–H and O–H groups in total. The Labute approximate surface area is 151 Å². The van der Waals surface area contributed by atoms with E-state index in [1.807, 2.05) is 0 Å². The quantitative estimate of drug-likeness (QED) is 0.729. The summed E-state index contributed by atoms with van der Waals surface area (Å²) in [5.41, 5.74) is 0.688. The molecule has 7 nitrogen and oxygen atoms in total. The molecule has 0 fully saturated rings. The van der Waals surface area contributed by atoms with E-state index >= 15 is 0 Å². The number of para-hydroxylation sites is 1. The van der Waals surface area contributed by atoms with Gasteiger partial charge >= 0.3 is 0 Å². The Morgan fingerprint density at radius 3 is 1.96 bits per heavy atom. The lowest BCUT2D eigenvalue weighted by molar-refractivity contribution is 0.0901. The number of nitrogens with one attached hydrogen (secondary N) is 1. The van der Waals surface area contributed by atoms with Crippen molar-refractivity contribution in [3.05, 3.63) is 47.5 Å². The predicted octanol–water partition coefficient (Wildman–Crippen LogP) is 2.33. The molecule has 7 heteroatoms. The lowest BCUT2D eigenvalue weighted by atomic mass is 10.1. The summed E-state index contributed by atoms with van der Waals surface area (Å²) in [4.78, 5) is 24.8. The van der Waals surface area contributed by atoms with Gasteiger partial charge < -0.3 is 24.3 Å². The Kier molecular flexibility index (Phi) is 6.43. The van der Waals surface area contributed by atoms with Gasteiger partial charge in [-0.1, -0.05) is 12.1 Å². The van der Waals surface area contributed by atoms with Crippen LogP contribution in [-0.4, -0.2) is 46.7 Å². The Morgan fingerprint density at radius 2 is 1.42 bits per heavy atom. The second-order valence-corrected chi connectivity index (χ2v) is 5.22. The average Bonchev–Trinajstić information content (AvgIpc) is 2.70. The average molecular weight is 359 g/mol. The van der Waals surface area contributed by atoms with Gasteiger partial charge in [-0.25, -0.2) is 0 Å². The lowest BCUT2D eigenvalue weighted by Crippen LogP contribution is -2.29. The molecule has 0 aliphatic heterocycles. The van der Waals surface area contributed by atoms with Gasteiger partial charge in [-0.15, -0.1) is 0 Å². The number of Topliss-reactive ketones (excluding diaryl/α,β-unsaturated/α-hetero) is 1. The van der Waals surface area contributed by atoms with Crippen molar-refractivity contribution >= 4 is 11.7 Å². The zero-order valence-electron chi connectivity index (χ0n) is 15.1. The van der Waals surface area contributed by atoms with Crippen LogP contribution >= 0.6 is 0 Å². The molecule has 1 amide bonds. The molecule has 0 radical (unpaired) electrons. The fourth-order valence-electron chi connectivity index (χ4n) is 2.43. The number of carbonyl (C=O) groups excluding carboxylic acids is 2. The van der Waals surface area contributed by atoms with Gasteiger partial charge in [-0.05, 0) is 24.3 Å². The zero-order valence-corrected chi connectivity index (χ0v) is 15.1. The van der Waals surface area contributed by atoms with Gasteiger partial charge in [0.05, 0.1) is 40.5 Å². The van der Waals surface area contributed by atoms with E-state index in [1.165, 1.54) is 28.4 Å². The van der Waals surface area contributed by atoms with E-state index < -0.39 is 5.91 Å². The smallest absolute Gasteiger partial charge is 0.255 e. The molecule has 0 atom stereocenters. The van der Waals surface area contributed by atoms with Crippen molar-refractivity contribution in [2.45, 2.75) is 0 Å². The molecule has 2 aromatic carbocycles. The molecule has 2 aromatic rings. The maximum Gasteiger partial charge on any atom is 0.255 e. The van der Waals surface area contributed by atoms with Crippen molar-refractivity contribution in [1.82, 2.24) is 5.32 Å². The molecule has 2 rings (SSSR count). The highest BCUT2D eigenvalue weighted by Gasteiger charge is 2.18. The van der Waals surface area contributed by atoms with Crippen molar-refractivity contribution in [3.63, 3.8) is 0 Å². The Hall–Kier alpha value is -3.22. The number of ketones is 1. The van der Waals surface area contributed by atoms with Gasteiger partial charge in [0.1, 0.15) is 5.75 Å². The second kappa shape index (κ2) is 8.75. The standard InChI is InChI=1S/C19H21NO6/c1-23-15-8-6-5-7-13(15)19(22)20-11-14(21)12-9-16(24-2)18(26-4)17(10-12)25-3/h5-10H,11H2,1-4H3,(H,20,22). The van der Waals surface area contributed by atoms with Crippen LogP contribution in [0.15, 0.2) is 36.4 Å². The molecule has 0 heterocycles. The topological polar surface area (TPSA) is 83.1 Å². The zero-order chi connectivity index (χ0) is 19.1. The maximum atomic E-state index is 12.5. The van der Waals surface area contributed by atoms with E-state index in [9.17, 15) is 9.59 Å². The van der Waals surface area contributed by atoms with Crippen LogP contribution in [0.4, 0.5) is 0 Å². The van der Waals surface area contributed by atoms with E-state index in [0.717, 1.165) is 0 Å². The van der Waals surface area contributed by atoms with Crippen LogP contribution in [0.2, 0.25) is 0 Å². The summed E-state index contributed by atoms with van der Waals surface area (Å²) < 4.78 is 20.8. The largest absolute Gasteiger partial charge is 0.496 e. The molecular formula is C19H21NO6. The highest BCUT2D eigenvalue weighted by atomic mass is 16.5. The van der Waals surface area contributed by atoms with Gasteiger partial charge in [0, 0.05) is 5.56 Å². The van der Waals surface area contributed by atoms with E-state index in [4.69, 9.17) is 18.9 Å².